The Morgan fingerprint density at radius 1 is 1.17 bits per heavy atom. The van der Waals surface area contributed by atoms with E-state index in [9.17, 15) is 14.9 Å². The van der Waals surface area contributed by atoms with Gasteiger partial charge in [-0.1, -0.05) is 30.3 Å². The maximum Gasteiger partial charge on any atom is 0.310 e. The topological polar surface area (TPSA) is 78.7 Å². The van der Waals surface area contributed by atoms with E-state index < -0.39 is 10.9 Å². The Bertz CT molecular complexity index is 713. The van der Waals surface area contributed by atoms with Gasteiger partial charge < -0.3 is 9.47 Å². The standard InChI is InChI=1S/C18H19NO5/c1-13(2)24-18(20)11-15-10-16(8-9-17(15)19(21)22)23-12-14-6-4-3-5-7-14/h3-10,13H,11-12H2,1-2H3. The minimum Gasteiger partial charge on any atom is -0.489 e. The van der Waals surface area contributed by atoms with Gasteiger partial charge in [-0.05, 0) is 31.5 Å². The maximum atomic E-state index is 11.8. The van der Waals surface area contributed by atoms with Crippen molar-refractivity contribution in [2.45, 2.75) is 33.0 Å². The van der Waals surface area contributed by atoms with Crippen molar-refractivity contribution in [3.8, 4) is 5.75 Å². The number of carbonyl (C=O) groups is 1. The van der Waals surface area contributed by atoms with Gasteiger partial charge in [-0.15, -0.1) is 0 Å². The normalized spacial score (nSPS) is 10.5. The molecule has 0 aliphatic heterocycles. The van der Waals surface area contributed by atoms with E-state index in [1.807, 2.05) is 30.3 Å². The molecular weight excluding hydrogens is 310 g/mol. The fourth-order valence-corrected chi connectivity index (χ4v) is 2.17. The third kappa shape index (κ3) is 5.08. The van der Waals surface area contributed by atoms with Crippen molar-refractivity contribution in [1.29, 1.82) is 0 Å². The fourth-order valence-electron chi connectivity index (χ4n) is 2.17. The summed E-state index contributed by atoms with van der Waals surface area (Å²) < 4.78 is 10.7. The lowest BCUT2D eigenvalue weighted by Gasteiger charge is -2.10. The Morgan fingerprint density at radius 3 is 2.50 bits per heavy atom. The lowest BCUT2D eigenvalue weighted by atomic mass is 10.1. The number of hydrogen-bond donors (Lipinski definition) is 0. The molecule has 2 aromatic rings. The van der Waals surface area contributed by atoms with Crippen LogP contribution >= 0.6 is 0 Å². The van der Waals surface area contributed by atoms with Crippen molar-refractivity contribution < 1.29 is 19.2 Å². The van der Waals surface area contributed by atoms with Crippen LogP contribution in [-0.2, 0) is 22.6 Å². The summed E-state index contributed by atoms with van der Waals surface area (Å²) in [6, 6.07) is 14.0. The van der Waals surface area contributed by atoms with E-state index in [0.29, 0.717) is 12.4 Å². The van der Waals surface area contributed by atoms with Gasteiger partial charge in [0.1, 0.15) is 12.4 Å². The molecule has 24 heavy (non-hydrogen) atoms. The first kappa shape index (κ1) is 17.5. The van der Waals surface area contributed by atoms with Gasteiger partial charge in [0.25, 0.3) is 5.69 Å². The van der Waals surface area contributed by atoms with Crippen molar-refractivity contribution in [2.75, 3.05) is 0 Å². The van der Waals surface area contributed by atoms with Crippen molar-refractivity contribution in [3.63, 3.8) is 0 Å². The van der Waals surface area contributed by atoms with Crippen LogP contribution in [0.25, 0.3) is 0 Å². The summed E-state index contributed by atoms with van der Waals surface area (Å²) >= 11 is 0. The molecule has 0 bridgehead atoms. The molecule has 6 nitrogen and oxygen atoms in total. The van der Waals surface area contributed by atoms with E-state index in [1.54, 1.807) is 13.8 Å². The molecule has 0 unspecified atom stereocenters. The first-order chi connectivity index (χ1) is 11.5. The molecule has 0 saturated carbocycles. The van der Waals surface area contributed by atoms with E-state index in [4.69, 9.17) is 9.47 Å². The molecule has 2 rings (SSSR count). The largest absolute Gasteiger partial charge is 0.489 e. The number of carbonyl (C=O) groups excluding carboxylic acids is 1. The number of nitro benzene ring substituents is 1. The summed E-state index contributed by atoms with van der Waals surface area (Å²) in [5.74, 6) is -0.0369. The van der Waals surface area contributed by atoms with Gasteiger partial charge in [0.2, 0.25) is 0 Å². The average molecular weight is 329 g/mol. The second-order valence-corrected chi connectivity index (χ2v) is 5.54. The molecule has 0 radical (unpaired) electrons. The van der Waals surface area contributed by atoms with Gasteiger partial charge in [-0.3, -0.25) is 14.9 Å². The van der Waals surface area contributed by atoms with Crippen molar-refractivity contribution in [1.82, 2.24) is 0 Å². The smallest absolute Gasteiger partial charge is 0.310 e. The Labute approximate surface area is 140 Å². The van der Waals surface area contributed by atoms with Crippen LogP contribution in [0.5, 0.6) is 5.75 Å². The second kappa shape index (κ2) is 8.10. The quantitative estimate of drug-likeness (QED) is 0.440. The van der Waals surface area contributed by atoms with Crippen molar-refractivity contribution in [2.24, 2.45) is 0 Å². The van der Waals surface area contributed by atoms with Crippen LogP contribution in [0.3, 0.4) is 0 Å². The summed E-state index contributed by atoms with van der Waals surface area (Å²) in [5.41, 5.74) is 1.13. The van der Waals surface area contributed by atoms with E-state index in [2.05, 4.69) is 0 Å². The highest BCUT2D eigenvalue weighted by atomic mass is 16.6. The van der Waals surface area contributed by atoms with Gasteiger partial charge in [0.15, 0.2) is 0 Å². The lowest BCUT2D eigenvalue weighted by Crippen LogP contribution is -2.14. The second-order valence-electron chi connectivity index (χ2n) is 5.54. The molecule has 0 fully saturated rings. The summed E-state index contributed by atoms with van der Waals surface area (Å²) in [5, 5.41) is 11.1. The number of ether oxygens (including phenoxy) is 2. The third-order valence-corrected chi connectivity index (χ3v) is 3.20. The first-order valence-corrected chi connectivity index (χ1v) is 7.59. The van der Waals surface area contributed by atoms with Crippen LogP contribution in [-0.4, -0.2) is 17.0 Å². The molecule has 6 heteroatoms. The number of hydrogen-bond acceptors (Lipinski definition) is 5. The zero-order valence-corrected chi connectivity index (χ0v) is 13.6. The minimum atomic E-state index is -0.515. The first-order valence-electron chi connectivity index (χ1n) is 7.59. The Kier molecular flexibility index (Phi) is 5.89. The predicted molar refractivity (Wildman–Crippen MR) is 88.8 cm³/mol. The average Bonchev–Trinajstić information content (AvgIpc) is 2.53. The van der Waals surface area contributed by atoms with E-state index in [-0.39, 0.29) is 23.8 Å². The third-order valence-electron chi connectivity index (χ3n) is 3.20. The Hall–Kier alpha value is -2.89. The molecule has 0 atom stereocenters. The van der Waals surface area contributed by atoms with Gasteiger partial charge in [0, 0.05) is 11.6 Å². The number of nitro groups is 1. The van der Waals surface area contributed by atoms with Crippen LogP contribution in [0.1, 0.15) is 25.0 Å². The molecule has 0 aromatic heterocycles. The lowest BCUT2D eigenvalue weighted by molar-refractivity contribution is -0.385. The molecule has 126 valence electrons. The van der Waals surface area contributed by atoms with Crippen LogP contribution in [0.15, 0.2) is 48.5 Å². The van der Waals surface area contributed by atoms with Crippen LogP contribution in [0.4, 0.5) is 5.69 Å². The predicted octanol–water partition coefficient (Wildman–Crippen LogP) is 3.67. The fraction of sp³-hybridized carbons (Fsp3) is 0.278. The summed E-state index contributed by atoms with van der Waals surface area (Å²) in [7, 11) is 0. The number of rotatable bonds is 7. The molecule has 2 aromatic carbocycles. The maximum absolute atomic E-state index is 11.8. The highest BCUT2D eigenvalue weighted by Gasteiger charge is 2.19. The zero-order chi connectivity index (χ0) is 17.5. The molecule has 0 heterocycles. The zero-order valence-electron chi connectivity index (χ0n) is 13.6. The molecule has 0 aliphatic carbocycles. The highest BCUT2D eigenvalue weighted by molar-refractivity contribution is 5.74. The molecular formula is C18H19NO5. The van der Waals surface area contributed by atoms with Gasteiger partial charge in [-0.2, -0.15) is 0 Å². The van der Waals surface area contributed by atoms with Gasteiger partial charge in [-0.25, -0.2) is 0 Å². The Morgan fingerprint density at radius 2 is 1.88 bits per heavy atom. The SMILES string of the molecule is CC(C)OC(=O)Cc1cc(OCc2ccccc2)ccc1[N+](=O)[O-]. The molecule has 0 spiro atoms. The van der Waals surface area contributed by atoms with Crippen LogP contribution < -0.4 is 4.74 Å². The summed E-state index contributed by atoms with van der Waals surface area (Å²) in [6.07, 6.45) is -0.439. The molecule has 0 N–H and O–H groups in total. The van der Waals surface area contributed by atoms with Crippen LogP contribution in [0, 0.1) is 10.1 Å². The van der Waals surface area contributed by atoms with Crippen molar-refractivity contribution >= 4 is 11.7 Å². The Balaban J connectivity index is 2.14. The van der Waals surface area contributed by atoms with Gasteiger partial charge in [0.05, 0.1) is 17.4 Å². The highest BCUT2D eigenvalue weighted by Crippen LogP contribution is 2.25. The van der Waals surface area contributed by atoms with Gasteiger partial charge >= 0.3 is 5.97 Å². The van der Waals surface area contributed by atoms with E-state index >= 15 is 0 Å². The number of nitrogens with zero attached hydrogens (tertiary/aromatic N) is 1. The summed E-state index contributed by atoms with van der Waals surface area (Å²) in [6.45, 7) is 3.80. The van der Waals surface area contributed by atoms with Crippen LogP contribution in [0.2, 0.25) is 0 Å². The molecule has 0 aliphatic rings. The van der Waals surface area contributed by atoms with E-state index in [1.165, 1.54) is 18.2 Å². The number of esters is 1. The summed E-state index contributed by atoms with van der Waals surface area (Å²) in [4.78, 5) is 22.4. The van der Waals surface area contributed by atoms with Crippen molar-refractivity contribution in [3.05, 3.63) is 69.8 Å². The number of benzene rings is 2. The van der Waals surface area contributed by atoms with E-state index in [0.717, 1.165) is 5.56 Å². The minimum absolute atomic E-state index is 0.122. The monoisotopic (exact) mass is 329 g/mol. The molecule has 0 amide bonds. The molecule has 0 saturated heterocycles.